The largest absolute Gasteiger partial charge is 0.507 e. The Hall–Kier alpha value is -3.28. The first-order valence-electron chi connectivity index (χ1n) is 15.6. The highest BCUT2D eigenvalue weighted by atomic mass is 16.5. The smallest absolute Gasteiger partial charge is 0.295 e. The second kappa shape index (κ2) is 17.5. The van der Waals surface area contributed by atoms with E-state index in [4.69, 9.17) is 9.47 Å². The van der Waals surface area contributed by atoms with Crippen molar-refractivity contribution in [2.45, 2.75) is 103 Å². The number of ether oxygens (including phenoxy) is 2. The van der Waals surface area contributed by atoms with E-state index in [2.05, 4.69) is 6.92 Å². The third kappa shape index (κ3) is 9.11. The fourth-order valence-corrected chi connectivity index (χ4v) is 5.71. The molecule has 1 aliphatic heterocycles. The summed E-state index contributed by atoms with van der Waals surface area (Å²) in [6.45, 7) is 2.71. The van der Waals surface area contributed by atoms with Crippen molar-refractivity contribution in [2.24, 2.45) is 0 Å². The van der Waals surface area contributed by atoms with Crippen LogP contribution in [-0.4, -0.2) is 42.5 Å². The average Bonchev–Trinajstić information content (AvgIpc) is 3.25. The summed E-state index contributed by atoms with van der Waals surface area (Å²) in [5, 5.41) is 11.2. The Morgan fingerprint density at radius 2 is 1.27 bits per heavy atom. The number of hydrogen-bond donors (Lipinski definition) is 1. The van der Waals surface area contributed by atoms with E-state index in [0.29, 0.717) is 29.2 Å². The van der Waals surface area contributed by atoms with Crippen molar-refractivity contribution in [2.75, 3.05) is 20.8 Å². The number of methoxy groups -OCH3 is 2. The lowest BCUT2D eigenvalue weighted by molar-refractivity contribution is -0.139. The number of carbonyl (C=O) groups excluding carboxylic acids is 2. The summed E-state index contributed by atoms with van der Waals surface area (Å²) < 4.78 is 10.9. The molecule has 2 aromatic carbocycles. The number of ketones is 1. The molecule has 1 aliphatic rings. The Labute approximate surface area is 246 Å². The van der Waals surface area contributed by atoms with Crippen LogP contribution in [0, 0.1) is 0 Å². The molecule has 0 aliphatic carbocycles. The van der Waals surface area contributed by atoms with Gasteiger partial charge in [0.2, 0.25) is 0 Å². The molecule has 1 atom stereocenters. The quantitative estimate of drug-likeness (QED) is 0.0801. The molecule has 0 spiro atoms. The highest BCUT2D eigenvalue weighted by molar-refractivity contribution is 6.46. The van der Waals surface area contributed by atoms with Crippen molar-refractivity contribution in [3.8, 4) is 11.5 Å². The number of carbonyl (C=O) groups is 2. The number of benzene rings is 2. The minimum Gasteiger partial charge on any atom is -0.507 e. The minimum absolute atomic E-state index is 0.110. The van der Waals surface area contributed by atoms with Gasteiger partial charge in [0.05, 0.1) is 25.8 Å². The number of Topliss-reactive ketones (excluding diaryl/α,β-unsaturated/α-hetero) is 1. The molecular weight excluding hydrogens is 514 g/mol. The summed E-state index contributed by atoms with van der Waals surface area (Å²) in [6.07, 6.45) is 17.5. The third-order valence-electron chi connectivity index (χ3n) is 8.06. The van der Waals surface area contributed by atoms with Gasteiger partial charge in [0, 0.05) is 12.1 Å². The van der Waals surface area contributed by atoms with Crippen LogP contribution in [-0.2, 0) is 9.59 Å². The van der Waals surface area contributed by atoms with Crippen LogP contribution in [0.5, 0.6) is 11.5 Å². The van der Waals surface area contributed by atoms with Crippen molar-refractivity contribution in [1.82, 2.24) is 4.90 Å². The van der Waals surface area contributed by atoms with Gasteiger partial charge in [-0.15, -0.1) is 0 Å². The molecule has 224 valence electrons. The number of likely N-dealkylation sites (tertiary alicyclic amines) is 1. The Balaban J connectivity index is 1.59. The lowest BCUT2D eigenvalue weighted by Crippen LogP contribution is -2.30. The molecule has 1 N–H and O–H groups in total. The van der Waals surface area contributed by atoms with E-state index in [0.717, 1.165) is 19.3 Å². The van der Waals surface area contributed by atoms with Crippen LogP contribution in [0.4, 0.5) is 0 Å². The lowest BCUT2D eigenvalue weighted by Gasteiger charge is -2.26. The van der Waals surface area contributed by atoms with Crippen LogP contribution in [0.25, 0.3) is 5.76 Å². The molecule has 1 fully saturated rings. The van der Waals surface area contributed by atoms with E-state index in [1.165, 1.54) is 70.6 Å². The van der Waals surface area contributed by atoms with E-state index in [1.807, 2.05) is 12.1 Å². The maximum absolute atomic E-state index is 13.3. The maximum atomic E-state index is 13.3. The lowest BCUT2D eigenvalue weighted by atomic mass is 9.95. The molecule has 1 saturated heterocycles. The molecule has 6 nitrogen and oxygen atoms in total. The summed E-state index contributed by atoms with van der Waals surface area (Å²) >= 11 is 0. The molecule has 0 saturated carbocycles. The first kappa shape index (κ1) is 32.2. The van der Waals surface area contributed by atoms with Gasteiger partial charge >= 0.3 is 0 Å². The number of nitrogens with zero attached hydrogens (tertiary/aromatic N) is 1. The standard InChI is InChI=1S/C35H49NO5/c1-4-5-6-7-8-9-10-11-12-13-14-15-16-20-25-36-32(28-23-24-29(40-2)30(26-28)41-3)31(34(38)35(36)39)33(37)27-21-18-17-19-22-27/h17-19,21-24,26,32,37H,4-16,20,25H2,1-3H3/b33-31+/t32-/m0/s1. The zero-order chi connectivity index (χ0) is 29.5. The fourth-order valence-electron chi connectivity index (χ4n) is 5.71. The van der Waals surface area contributed by atoms with E-state index in [9.17, 15) is 14.7 Å². The van der Waals surface area contributed by atoms with Gasteiger partial charge in [-0.2, -0.15) is 0 Å². The number of rotatable bonds is 19. The zero-order valence-electron chi connectivity index (χ0n) is 25.3. The van der Waals surface area contributed by atoms with E-state index < -0.39 is 17.7 Å². The fraction of sp³-hybridized carbons (Fsp3) is 0.543. The molecular formula is C35H49NO5. The van der Waals surface area contributed by atoms with Gasteiger partial charge in [0.15, 0.2) is 11.5 Å². The van der Waals surface area contributed by atoms with Crippen LogP contribution in [0.2, 0.25) is 0 Å². The van der Waals surface area contributed by atoms with Crippen LogP contribution in [0.3, 0.4) is 0 Å². The van der Waals surface area contributed by atoms with E-state index >= 15 is 0 Å². The second-order valence-corrected chi connectivity index (χ2v) is 11.1. The predicted octanol–water partition coefficient (Wildman–Crippen LogP) is 8.61. The number of hydrogen-bond acceptors (Lipinski definition) is 5. The molecule has 0 aromatic heterocycles. The highest BCUT2D eigenvalue weighted by Crippen LogP contribution is 2.42. The molecule has 0 unspecified atom stereocenters. The minimum atomic E-state index is -0.697. The maximum Gasteiger partial charge on any atom is 0.295 e. The van der Waals surface area contributed by atoms with Gasteiger partial charge in [-0.1, -0.05) is 127 Å². The van der Waals surface area contributed by atoms with Gasteiger partial charge in [-0.3, -0.25) is 9.59 Å². The van der Waals surface area contributed by atoms with Crippen LogP contribution in [0.15, 0.2) is 54.1 Å². The van der Waals surface area contributed by atoms with Crippen LogP contribution >= 0.6 is 0 Å². The predicted molar refractivity (Wildman–Crippen MR) is 165 cm³/mol. The summed E-state index contributed by atoms with van der Waals surface area (Å²) in [6, 6.07) is 13.6. The second-order valence-electron chi connectivity index (χ2n) is 11.1. The van der Waals surface area contributed by atoms with Gasteiger partial charge < -0.3 is 19.5 Å². The number of unbranched alkanes of at least 4 members (excludes halogenated alkanes) is 13. The average molecular weight is 564 g/mol. The van der Waals surface area contributed by atoms with Gasteiger partial charge in [-0.25, -0.2) is 0 Å². The molecule has 3 rings (SSSR count). The van der Waals surface area contributed by atoms with E-state index in [-0.39, 0.29) is 11.3 Å². The first-order chi connectivity index (χ1) is 20.0. The summed E-state index contributed by atoms with van der Waals surface area (Å²) in [4.78, 5) is 28.1. The zero-order valence-corrected chi connectivity index (χ0v) is 25.3. The van der Waals surface area contributed by atoms with Gasteiger partial charge in [0.25, 0.3) is 11.7 Å². The number of amides is 1. The molecule has 0 bridgehead atoms. The molecule has 6 heteroatoms. The Morgan fingerprint density at radius 1 is 0.732 bits per heavy atom. The van der Waals surface area contributed by atoms with Crippen molar-refractivity contribution in [3.05, 3.63) is 65.2 Å². The first-order valence-corrected chi connectivity index (χ1v) is 15.6. The molecule has 41 heavy (non-hydrogen) atoms. The topological polar surface area (TPSA) is 76.1 Å². The Kier molecular flexibility index (Phi) is 13.8. The van der Waals surface area contributed by atoms with E-state index in [1.54, 1.807) is 55.5 Å². The summed E-state index contributed by atoms with van der Waals surface area (Å²) in [5.41, 5.74) is 1.32. The normalized spacial score (nSPS) is 16.4. The number of aliphatic hydroxyl groups is 1. The summed E-state index contributed by atoms with van der Waals surface area (Å²) in [5.74, 6) is -0.323. The van der Waals surface area contributed by atoms with Crippen molar-refractivity contribution in [1.29, 1.82) is 0 Å². The highest BCUT2D eigenvalue weighted by Gasteiger charge is 2.46. The Morgan fingerprint density at radius 3 is 1.80 bits per heavy atom. The molecule has 2 aromatic rings. The Bertz CT molecular complexity index is 1130. The van der Waals surface area contributed by atoms with Gasteiger partial charge in [-0.05, 0) is 24.1 Å². The molecule has 0 radical (unpaired) electrons. The number of aliphatic hydroxyl groups excluding tert-OH is 1. The van der Waals surface area contributed by atoms with Crippen molar-refractivity contribution < 1.29 is 24.2 Å². The van der Waals surface area contributed by atoms with Crippen molar-refractivity contribution >= 4 is 17.4 Å². The SMILES string of the molecule is CCCCCCCCCCCCCCCCN1C(=O)C(=O)/C(=C(/O)c2ccccc2)[C@@H]1c1ccc(OC)c(OC)c1. The van der Waals surface area contributed by atoms with Crippen LogP contribution < -0.4 is 9.47 Å². The molecule has 1 heterocycles. The monoisotopic (exact) mass is 563 g/mol. The van der Waals surface area contributed by atoms with Gasteiger partial charge in [0.1, 0.15) is 5.76 Å². The van der Waals surface area contributed by atoms with Crippen LogP contribution in [0.1, 0.15) is 114 Å². The third-order valence-corrected chi connectivity index (χ3v) is 8.06. The van der Waals surface area contributed by atoms with Crippen molar-refractivity contribution in [3.63, 3.8) is 0 Å². The summed E-state index contributed by atoms with van der Waals surface area (Å²) in [7, 11) is 3.12. The molecule has 1 amide bonds.